The zero-order valence-corrected chi connectivity index (χ0v) is 9.39. The van der Waals surface area contributed by atoms with Crippen LogP contribution in [-0.2, 0) is 9.59 Å². The fourth-order valence-corrected chi connectivity index (χ4v) is 1.11. The first-order chi connectivity index (χ1) is 6.94. The molecule has 1 heterocycles. The highest BCUT2D eigenvalue weighted by atomic mass is 16.2. The van der Waals surface area contributed by atoms with E-state index in [9.17, 15) is 9.59 Å². The van der Waals surface area contributed by atoms with E-state index in [0.717, 1.165) is 6.42 Å². The Morgan fingerprint density at radius 3 is 2.67 bits per heavy atom. The van der Waals surface area contributed by atoms with Crippen LogP contribution < -0.4 is 10.7 Å². The van der Waals surface area contributed by atoms with Crippen molar-refractivity contribution in [3.63, 3.8) is 0 Å². The number of hydrogen-bond donors (Lipinski definition) is 2. The van der Waals surface area contributed by atoms with Gasteiger partial charge in [-0.3, -0.25) is 9.59 Å². The first-order valence-corrected chi connectivity index (χ1v) is 5.12. The molecule has 5 heteroatoms. The molecule has 0 bridgehead atoms. The van der Waals surface area contributed by atoms with E-state index in [1.165, 1.54) is 0 Å². The summed E-state index contributed by atoms with van der Waals surface area (Å²) in [5.41, 5.74) is 2.47. The van der Waals surface area contributed by atoms with Gasteiger partial charge in [-0.05, 0) is 20.3 Å². The van der Waals surface area contributed by atoms with E-state index in [2.05, 4.69) is 15.8 Å². The molecule has 0 aromatic rings. The molecule has 84 valence electrons. The second kappa shape index (κ2) is 4.42. The van der Waals surface area contributed by atoms with Gasteiger partial charge >= 0.3 is 0 Å². The molecule has 0 aliphatic carbocycles. The zero-order chi connectivity index (χ0) is 11.5. The lowest BCUT2D eigenvalue weighted by atomic mass is 10.0. The topological polar surface area (TPSA) is 70.6 Å². The third-order valence-electron chi connectivity index (χ3n) is 2.50. The zero-order valence-electron chi connectivity index (χ0n) is 9.39. The lowest BCUT2D eigenvalue weighted by Crippen LogP contribution is -2.47. The molecule has 0 spiro atoms. The molecule has 0 saturated heterocycles. The minimum absolute atomic E-state index is 0.138. The van der Waals surface area contributed by atoms with Crippen LogP contribution in [0.3, 0.4) is 0 Å². The normalized spacial score (nSPS) is 16.7. The van der Waals surface area contributed by atoms with Crippen LogP contribution in [0, 0.1) is 0 Å². The predicted octanol–water partition coefficient (Wildman–Crippen LogP) is 0.557. The van der Waals surface area contributed by atoms with Crippen molar-refractivity contribution in [2.75, 3.05) is 0 Å². The third-order valence-corrected chi connectivity index (χ3v) is 2.50. The maximum atomic E-state index is 11.7. The Hall–Kier alpha value is -1.39. The number of amides is 2. The van der Waals surface area contributed by atoms with Crippen LogP contribution in [0.25, 0.3) is 0 Å². The summed E-state index contributed by atoms with van der Waals surface area (Å²) in [7, 11) is 0. The van der Waals surface area contributed by atoms with E-state index in [1.54, 1.807) is 0 Å². The summed E-state index contributed by atoms with van der Waals surface area (Å²) in [6.45, 7) is 5.91. The molecule has 1 rings (SSSR count). The molecule has 1 aliphatic heterocycles. The Morgan fingerprint density at radius 1 is 1.53 bits per heavy atom. The molecule has 0 aromatic carbocycles. The summed E-state index contributed by atoms with van der Waals surface area (Å²) < 4.78 is 0. The van der Waals surface area contributed by atoms with Gasteiger partial charge < -0.3 is 5.32 Å². The molecule has 15 heavy (non-hydrogen) atoms. The molecule has 0 radical (unpaired) electrons. The van der Waals surface area contributed by atoms with Crippen molar-refractivity contribution < 1.29 is 9.59 Å². The number of rotatable bonds is 3. The van der Waals surface area contributed by atoms with Gasteiger partial charge in [0.1, 0.15) is 5.71 Å². The molecule has 0 saturated carbocycles. The Kier molecular flexibility index (Phi) is 3.44. The number of carbonyl (C=O) groups is 2. The van der Waals surface area contributed by atoms with Crippen molar-refractivity contribution in [3.8, 4) is 0 Å². The number of carbonyl (C=O) groups excluding carboxylic acids is 2. The summed E-state index contributed by atoms with van der Waals surface area (Å²) >= 11 is 0. The number of hydrogen-bond acceptors (Lipinski definition) is 3. The molecular formula is C10H17N3O2. The monoisotopic (exact) mass is 211 g/mol. The number of nitrogens with zero attached hydrogens (tertiary/aromatic N) is 1. The number of nitrogens with one attached hydrogen (secondary N) is 2. The van der Waals surface area contributed by atoms with Crippen LogP contribution in [0.5, 0.6) is 0 Å². The van der Waals surface area contributed by atoms with E-state index in [0.29, 0.717) is 18.6 Å². The fraction of sp³-hybridized carbons (Fsp3) is 0.700. The molecule has 0 aromatic heterocycles. The number of hydrazone groups is 1. The quantitative estimate of drug-likeness (QED) is 0.716. The molecule has 2 N–H and O–H groups in total. The van der Waals surface area contributed by atoms with E-state index in [-0.39, 0.29) is 17.4 Å². The smallest absolute Gasteiger partial charge is 0.267 e. The molecule has 5 nitrogen and oxygen atoms in total. The minimum atomic E-state index is -0.235. The standard InChI is InChI=1S/C10H17N3O2/c1-4-10(2,3)11-9(15)7-5-6-8(14)13-12-7/h4-6H2,1-3H3,(H,11,15)(H,13,14). The first kappa shape index (κ1) is 11.7. The van der Waals surface area contributed by atoms with Crippen molar-refractivity contribution in [1.29, 1.82) is 0 Å². The minimum Gasteiger partial charge on any atom is -0.346 e. The second-order valence-corrected chi connectivity index (χ2v) is 4.29. The highest BCUT2D eigenvalue weighted by Gasteiger charge is 2.23. The van der Waals surface area contributed by atoms with Gasteiger partial charge in [-0.2, -0.15) is 5.10 Å². The van der Waals surface area contributed by atoms with Gasteiger partial charge in [0.2, 0.25) is 5.91 Å². The maximum Gasteiger partial charge on any atom is 0.267 e. The summed E-state index contributed by atoms with van der Waals surface area (Å²) in [5, 5.41) is 6.60. The highest BCUT2D eigenvalue weighted by Crippen LogP contribution is 2.08. The van der Waals surface area contributed by atoms with Crippen LogP contribution in [-0.4, -0.2) is 23.1 Å². The van der Waals surface area contributed by atoms with Crippen molar-refractivity contribution >= 4 is 17.5 Å². The second-order valence-electron chi connectivity index (χ2n) is 4.29. The van der Waals surface area contributed by atoms with Crippen LogP contribution in [0.15, 0.2) is 5.10 Å². The molecule has 2 amide bonds. The van der Waals surface area contributed by atoms with E-state index in [4.69, 9.17) is 0 Å². The summed E-state index contributed by atoms with van der Waals surface area (Å²) in [4.78, 5) is 22.5. The van der Waals surface area contributed by atoms with E-state index < -0.39 is 0 Å². The summed E-state index contributed by atoms with van der Waals surface area (Å²) in [6.07, 6.45) is 1.59. The lowest BCUT2D eigenvalue weighted by molar-refractivity contribution is -0.121. The van der Waals surface area contributed by atoms with Gasteiger partial charge in [-0.15, -0.1) is 0 Å². The van der Waals surface area contributed by atoms with Crippen LogP contribution in [0.4, 0.5) is 0 Å². The van der Waals surface area contributed by atoms with Crippen molar-refractivity contribution in [3.05, 3.63) is 0 Å². The third kappa shape index (κ3) is 3.34. The average molecular weight is 211 g/mol. The van der Waals surface area contributed by atoms with E-state index in [1.807, 2.05) is 20.8 Å². The van der Waals surface area contributed by atoms with Crippen molar-refractivity contribution in [2.45, 2.75) is 45.6 Å². The Morgan fingerprint density at radius 2 is 2.20 bits per heavy atom. The van der Waals surface area contributed by atoms with Gasteiger partial charge in [0.05, 0.1) is 0 Å². The Labute approximate surface area is 89.3 Å². The Balaban J connectivity index is 2.58. The molecule has 1 aliphatic rings. The molecule has 0 atom stereocenters. The van der Waals surface area contributed by atoms with Gasteiger partial charge in [-0.25, -0.2) is 5.43 Å². The Bertz CT molecular complexity index is 308. The molecule has 0 fully saturated rings. The summed E-state index contributed by atoms with van der Waals surface area (Å²) in [5.74, 6) is -0.330. The van der Waals surface area contributed by atoms with Crippen molar-refractivity contribution in [1.82, 2.24) is 10.7 Å². The van der Waals surface area contributed by atoms with Crippen LogP contribution in [0.1, 0.15) is 40.0 Å². The van der Waals surface area contributed by atoms with Crippen LogP contribution >= 0.6 is 0 Å². The molecule has 0 unspecified atom stereocenters. The SMILES string of the molecule is CCC(C)(C)NC(=O)C1=NNC(=O)CC1. The fourth-order valence-electron chi connectivity index (χ4n) is 1.11. The largest absolute Gasteiger partial charge is 0.346 e. The van der Waals surface area contributed by atoms with Gasteiger partial charge in [0.25, 0.3) is 5.91 Å². The van der Waals surface area contributed by atoms with Crippen LogP contribution in [0.2, 0.25) is 0 Å². The first-order valence-electron chi connectivity index (χ1n) is 5.12. The highest BCUT2D eigenvalue weighted by molar-refractivity contribution is 6.39. The van der Waals surface area contributed by atoms with Gasteiger partial charge in [-0.1, -0.05) is 6.92 Å². The van der Waals surface area contributed by atoms with Crippen molar-refractivity contribution in [2.24, 2.45) is 5.10 Å². The van der Waals surface area contributed by atoms with Gasteiger partial charge in [0.15, 0.2) is 0 Å². The lowest BCUT2D eigenvalue weighted by Gasteiger charge is -2.25. The van der Waals surface area contributed by atoms with Gasteiger partial charge in [0, 0.05) is 18.4 Å². The van der Waals surface area contributed by atoms with E-state index >= 15 is 0 Å². The maximum absolute atomic E-state index is 11.7. The predicted molar refractivity (Wildman–Crippen MR) is 57.3 cm³/mol. The average Bonchev–Trinajstić information content (AvgIpc) is 2.18. The molecular weight excluding hydrogens is 194 g/mol. The summed E-state index contributed by atoms with van der Waals surface area (Å²) in [6, 6.07) is 0.